The molecule has 13 heteroatoms. The molecule has 2 N–H and O–H groups in total. The smallest absolute Gasteiger partial charge is 0.319 e. The van der Waals surface area contributed by atoms with Crippen LogP contribution in [0.2, 0.25) is 0 Å². The molecule has 2 saturated heterocycles. The molecule has 3 atom stereocenters. The number of hydrogen-bond acceptors (Lipinski definition) is 12. The lowest BCUT2D eigenvalue weighted by atomic mass is 9.72. The van der Waals surface area contributed by atoms with Crippen molar-refractivity contribution >= 4 is 28.1 Å². The van der Waals surface area contributed by atoms with Crippen molar-refractivity contribution in [2.24, 2.45) is 0 Å². The average molecular weight is 604 g/mol. The lowest BCUT2D eigenvalue weighted by molar-refractivity contribution is -0.126. The summed E-state index contributed by atoms with van der Waals surface area (Å²) in [5.74, 6) is 1.35. The lowest BCUT2D eigenvalue weighted by Gasteiger charge is -2.35. The molecule has 226 valence electrons. The number of amides is 1. The van der Waals surface area contributed by atoms with Crippen molar-refractivity contribution in [3.05, 3.63) is 40.6 Å². The highest BCUT2D eigenvalue weighted by Gasteiger charge is 2.43. The Morgan fingerprint density at radius 2 is 2.07 bits per heavy atom. The van der Waals surface area contributed by atoms with E-state index in [9.17, 15) is 10.1 Å². The first-order valence-electron chi connectivity index (χ1n) is 14.8. The third-order valence-corrected chi connectivity index (χ3v) is 10.2. The number of hydrogen-bond donors (Lipinski definition) is 1. The van der Waals surface area contributed by atoms with Gasteiger partial charge in [0.05, 0.1) is 11.0 Å². The number of anilines is 2. The monoisotopic (exact) mass is 603 g/mol. The average Bonchev–Trinajstić information content (AvgIpc) is 3.75. The standard InChI is InChI=1S/C30H37N9O3S/c1-5-24(40)39-14-12-38(13-15-39)23-16-20(33-29(34-23)41-18(2)21-8-7-11-37(21)4)27-35-28(42-36-27)30(3)10-6-9-22-25(30)19(17-31)26(32)43-22/h5,16,18,21H,1,6-15,32H2,2-4H3/t18-,21-,30-/m0/s1. The number of aryl methyl sites for hydroxylation is 1. The number of nitrogens with zero attached hydrogens (tertiary/aromatic N) is 8. The zero-order chi connectivity index (χ0) is 30.3. The van der Waals surface area contributed by atoms with Gasteiger partial charge in [-0.2, -0.15) is 20.2 Å². The van der Waals surface area contributed by atoms with Crippen LogP contribution in [0.25, 0.3) is 11.5 Å². The summed E-state index contributed by atoms with van der Waals surface area (Å²) in [7, 11) is 2.11. The van der Waals surface area contributed by atoms with Crippen molar-refractivity contribution in [1.29, 1.82) is 5.26 Å². The third kappa shape index (κ3) is 5.34. The Balaban J connectivity index is 1.34. The summed E-state index contributed by atoms with van der Waals surface area (Å²) in [5.41, 5.74) is 7.47. The Labute approximate surface area is 255 Å². The minimum absolute atomic E-state index is 0.0767. The van der Waals surface area contributed by atoms with Gasteiger partial charge in [-0.05, 0) is 65.6 Å². The van der Waals surface area contributed by atoms with Gasteiger partial charge in [-0.3, -0.25) is 9.69 Å². The van der Waals surface area contributed by atoms with Crippen molar-refractivity contribution in [1.82, 2.24) is 29.9 Å². The molecule has 3 aliphatic rings. The molecule has 0 unspecified atom stereocenters. The number of piperazine rings is 1. The number of likely N-dealkylation sites (tertiary alicyclic amines) is 1. The predicted molar refractivity (Wildman–Crippen MR) is 163 cm³/mol. The number of nitrogen functional groups attached to an aromatic ring is 1. The molecular formula is C30H37N9O3S. The maximum atomic E-state index is 12.1. The van der Waals surface area contributed by atoms with Crippen LogP contribution in [0.15, 0.2) is 23.2 Å². The van der Waals surface area contributed by atoms with Crippen LogP contribution in [0.3, 0.4) is 0 Å². The summed E-state index contributed by atoms with van der Waals surface area (Å²) in [6.45, 7) is 11.1. The predicted octanol–water partition coefficient (Wildman–Crippen LogP) is 3.38. The summed E-state index contributed by atoms with van der Waals surface area (Å²) in [6.07, 6.45) is 5.97. The SMILES string of the molecule is C=CC(=O)N1CCN(c2cc(-c3noc([C@@]4(C)CCCc5sc(N)c(C#N)c54)n3)nc(O[C@@H](C)[C@@H]3CCCN3C)n2)CC1. The molecule has 0 radical (unpaired) electrons. The van der Waals surface area contributed by atoms with E-state index in [1.54, 1.807) is 4.90 Å². The second-order valence-electron chi connectivity index (χ2n) is 11.8. The van der Waals surface area contributed by atoms with Gasteiger partial charge in [0.15, 0.2) is 0 Å². The Morgan fingerprint density at radius 3 is 2.77 bits per heavy atom. The maximum absolute atomic E-state index is 12.1. The van der Waals surface area contributed by atoms with Crippen LogP contribution in [-0.4, -0.2) is 87.7 Å². The third-order valence-electron chi connectivity index (χ3n) is 9.07. The van der Waals surface area contributed by atoms with E-state index in [0.717, 1.165) is 49.1 Å². The molecular weight excluding hydrogens is 566 g/mol. The highest BCUT2D eigenvalue weighted by molar-refractivity contribution is 7.16. The van der Waals surface area contributed by atoms with E-state index in [0.29, 0.717) is 60.0 Å². The van der Waals surface area contributed by atoms with E-state index in [1.807, 2.05) is 13.0 Å². The summed E-state index contributed by atoms with van der Waals surface area (Å²) in [5, 5.41) is 14.8. The molecule has 0 saturated carbocycles. The van der Waals surface area contributed by atoms with Gasteiger partial charge in [-0.25, -0.2) is 0 Å². The molecule has 1 aliphatic carbocycles. The highest BCUT2D eigenvalue weighted by Crippen LogP contribution is 2.48. The first kappa shape index (κ1) is 29.1. The van der Waals surface area contributed by atoms with E-state index in [2.05, 4.69) is 41.6 Å². The second-order valence-corrected chi connectivity index (χ2v) is 12.9. The lowest BCUT2D eigenvalue weighted by Crippen LogP contribution is -2.48. The minimum atomic E-state index is -0.636. The van der Waals surface area contributed by atoms with Gasteiger partial charge in [-0.15, -0.1) is 11.3 Å². The Morgan fingerprint density at radius 1 is 1.28 bits per heavy atom. The molecule has 43 heavy (non-hydrogen) atoms. The maximum Gasteiger partial charge on any atom is 0.319 e. The fourth-order valence-electron chi connectivity index (χ4n) is 6.66. The van der Waals surface area contributed by atoms with Crippen molar-refractivity contribution in [2.75, 3.05) is 50.4 Å². The molecule has 3 aromatic heterocycles. The van der Waals surface area contributed by atoms with Gasteiger partial charge in [-0.1, -0.05) is 11.7 Å². The second kappa shape index (κ2) is 11.6. The molecule has 12 nitrogen and oxygen atoms in total. The number of likely N-dealkylation sites (N-methyl/N-ethyl adjacent to an activating group) is 1. The van der Waals surface area contributed by atoms with E-state index < -0.39 is 5.41 Å². The van der Waals surface area contributed by atoms with Gasteiger partial charge in [0, 0.05) is 48.7 Å². The molecule has 0 aromatic carbocycles. The van der Waals surface area contributed by atoms with Crippen LogP contribution in [-0.2, 0) is 16.6 Å². The summed E-state index contributed by atoms with van der Waals surface area (Å²) < 4.78 is 12.3. The highest BCUT2D eigenvalue weighted by atomic mass is 32.1. The van der Waals surface area contributed by atoms with E-state index in [4.69, 9.17) is 29.9 Å². The number of ether oxygens (including phenoxy) is 1. The van der Waals surface area contributed by atoms with Gasteiger partial charge >= 0.3 is 6.01 Å². The van der Waals surface area contributed by atoms with Crippen molar-refractivity contribution in [2.45, 2.75) is 63.5 Å². The van der Waals surface area contributed by atoms with Crippen molar-refractivity contribution in [3.8, 4) is 23.6 Å². The first-order chi connectivity index (χ1) is 20.7. The fraction of sp³-hybridized carbons (Fsp3) is 0.533. The largest absolute Gasteiger partial charge is 0.459 e. The van der Waals surface area contributed by atoms with E-state index >= 15 is 0 Å². The number of nitriles is 1. The van der Waals surface area contributed by atoms with Gasteiger partial charge in [0.1, 0.15) is 28.7 Å². The van der Waals surface area contributed by atoms with Crippen LogP contribution in [0.5, 0.6) is 6.01 Å². The van der Waals surface area contributed by atoms with Gasteiger partial charge in [0.2, 0.25) is 17.6 Å². The van der Waals surface area contributed by atoms with Crippen LogP contribution in [0, 0.1) is 11.3 Å². The summed E-state index contributed by atoms with van der Waals surface area (Å²) >= 11 is 1.47. The van der Waals surface area contributed by atoms with Crippen LogP contribution in [0.4, 0.5) is 10.8 Å². The number of carbonyl (C=O) groups is 1. The van der Waals surface area contributed by atoms with Crippen molar-refractivity contribution in [3.63, 3.8) is 0 Å². The van der Waals surface area contributed by atoms with Crippen LogP contribution >= 0.6 is 11.3 Å². The summed E-state index contributed by atoms with van der Waals surface area (Å²) in [4.78, 5) is 33.8. The van der Waals surface area contributed by atoms with Gasteiger partial charge in [0.25, 0.3) is 0 Å². The van der Waals surface area contributed by atoms with Crippen molar-refractivity contribution < 1.29 is 14.1 Å². The van der Waals surface area contributed by atoms with Crippen LogP contribution < -0.4 is 15.4 Å². The molecule has 0 spiro atoms. The number of fused-ring (bicyclic) bond motifs is 1. The molecule has 5 heterocycles. The zero-order valence-electron chi connectivity index (χ0n) is 24.9. The topological polar surface area (TPSA) is 151 Å². The Kier molecular flexibility index (Phi) is 7.83. The molecule has 0 bridgehead atoms. The zero-order valence-corrected chi connectivity index (χ0v) is 25.7. The normalized spacial score (nSPS) is 23.1. The fourth-order valence-corrected chi connectivity index (χ4v) is 7.85. The molecule has 3 aromatic rings. The number of carbonyl (C=O) groups excluding carboxylic acids is 1. The molecule has 2 aliphatic heterocycles. The molecule has 2 fully saturated rings. The Hall–Kier alpha value is -4.02. The number of aromatic nitrogens is 4. The summed E-state index contributed by atoms with van der Waals surface area (Å²) in [6, 6.07) is 4.66. The number of nitrogens with two attached hydrogens (primary N) is 1. The van der Waals surface area contributed by atoms with E-state index in [-0.39, 0.29) is 24.1 Å². The van der Waals surface area contributed by atoms with E-state index in [1.165, 1.54) is 17.4 Å². The van der Waals surface area contributed by atoms with Gasteiger partial charge < -0.3 is 24.8 Å². The first-order valence-corrected chi connectivity index (χ1v) is 15.6. The van der Waals surface area contributed by atoms with Crippen LogP contribution in [0.1, 0.15) is 61.4 Å². The quantitative estimate of drug-likeness (QED) is 0.396. The number of rotatable bonds is 7. The minimum Gasteiger partial charge on any atom is -0.459 e. The molecule has 6 rings (SSSR count). The number of thiophene rings is 1. The Bertz CT molecular complexity index is 1570. The molecule has 1 amide bonds.